The Morgan fingerprint density at radius 3 is 2.29 bits per heavy atom. The number of halogens is 1. The van der Waals surface area contributed by atoms with Crippen LogP contribution in [0, 0.1) is 0 Å². The quantitative estimate of drug-likeness (QED) is 0.566. The first-order valence-corrected chi connectivity index (χ1v) is 12.8. The Labute approximate surface area is 193 Å². The van der Waals surface area contributed by atoms with Crippen molar-refractivity contribution in [3.8, 4) is 10.4 Å². The van der Waals surface area contributed by atoms with Crippen LogP contribution in [-0.4, -0.2) is 47.6 Å². The van der Waals surface area contributed by atoms with E-state index in [2.05, 4.69) is 22.7 Å². The molecule has 0 aliphatic carbocycles. The summed E-state index contributed by atoms with van der Waals surface area (Å²) < 4.78 is 29.6. The van der Waals surface area contributed by atoms with Crippen LogP contribution < -0.4 is 9.62 Å². The normalized spacial score (nSPS) is 14.7. The van der Waals surface area contributed by atoms with Crippen molar-refractivity contribution in [3.63, 3.8) is 0 Å². The standard InChI is InChI=1S/C23H26ClN3O2S2/c1-26(2)21-15-18-11-13-27(3)12-10-17(18)14-20(21)25-31(28,29)23-9-8-22(30-23)16-4-6-19(24)7-5-16/h4-9,14-15,25H,10-13H2,1-3H3. The van der Waals surface area contributed by atoms with Crippen LogP contribution in [0.25, 0.3) is 10.4 Å². The molecule has 0 atom stereocenters. The smallest absolute Gasteiger partial charge is 0.271 e. The zero-order valence-corrected chi connectivity index (χ0v) is 20.2. The lowest BCUT2D eigenvalue weighted by molar-refractivity contribution is 0.352. The predicted octanol–water partition coefficient (Wildman–Crippen LogP) is 4.97. The molecule has 164 valence electrons. The van der Waals surface area contributed by atoms with E-state index in [4.69, 9.17) is 11.6 Å². The van der Waals surface area contributed by atoms with Gasteiger partial charge in [-0.15, -0.1) is 11.3 Å². The molecule has 2 heterocycles. The first kappa shape index (κ1) is 22.1. The zero-order chi connectivity index (χ0) is 22.2. The van der Waals surface area contributed by atoms with E-state index in [0.29, 0.717) is 10.7 Å². The fraction of sp³-hybridized carbons (Fsp3) is 0.304. The third-order valence-corrected chi connectivity index (χ3v) is 8.79. The van der Waals surface area contributed by atoms with Gasteiger partial charge in [-0.05, 0) is 73.0 Å². The molecule has 0 amide bonds. The number of sulfonamides is 1. The molecule has 1 aromatic heterocycles. The van der Waals surface area contributed by atoms with Crippen LogP contribution in [-0.2, 0) is 22.9 Å². The number of hydrogen-bond donors (Lipinski definition) is 1. The maximum atomic E-state index is 13.2. The van der Waals surface area contributed by atoms with Gasteiger partial charge in [0.25, 0.3) is 10.0 Å². The van der Waals surface area contributed by atoms with E-state index < -0.39 is 10.0 Å². The maximum Gasteiger partial charge on any atom is 0.271 e. The number of thiophene rings is 1. The number of hydrogen-bond acceptors (Lipinski definition) is 5. The van der Waals surface area contributed by atoms with Crippen molar-refractivity contribution in [2.75, 3.05) is 43.9 Å². The fourth-order valence-electron chi connectivity index (χ4n) is 3.76. The lowest BCUT2D eigenvalue weighted by atomic mass is 10.0. The minimum Gasteiger partial charge on any atom is -0.376 e. The molecule has 0 spiro atoms. The number of anilines is 2. The maximum absolute atomic E-state index is 13.2. The Hall–Kier alpha value is -2.06. The topological polar surface area (TPSA) is 52.7 Å². The average molecular weight is 476 g/mol. The van der Waals surface area contributed by atoms with Crippen molar-refractivity contribution in [1.29, 1.82) is 0 Å². The van der Waals surface area contributed by atoms with E-state index in [1.165, 1.54) is 22.5 Å². The van der Waals surface area contributed by atoms with Crippen LogP contribution >= 0.6 is 22.9 Å². The molecule has 0 unspecified atom stereocenters. The molecule has 3 aromatic rings. The second kappa shape index (κ2) is 8.82. The SMILES string of the molecule is CN1CCc2cc(NS(=O)(=O)c3ccc(-c4ccc(Cl)cc4)s3)c(N(C)C)cc2CC1. The van der Waals surface area contributed by atoms with Crippen LogP contribution in [0.3, 0.4) is 0 Å². The molecule has 0 radical (unpaired) electrons. The molecule has 5 nitrogen and oxygen atoms in total. The van der Waals surface area contributed by atoms with E-state index in [-0.39, 0.29) is 4.21 Å². The zero-order valence-electron chi connectivity index (χ0n) is 17.9. The molecule has 1 aliphatic heterocycles. The van der Waals surface area contributed by atoms with Crippen LogP contribution in [0.2, 0.25) is 5.02 Å². The predicted molar refractivity (Wildman–Crippen MR) is 131 cm³/mol. The van der Waals surface area contributed by atoms with Gasteiger partial charge in [0.2, 0.25) is 0 Å². The Bertz CT molecular complexity index is 1190. The van der Waals surface area contributed by atoms with E-state index in [1.54, 1.807) is 18.2 Å². The molecule has 2 aromatic carbocycles. The first-order chi connectivity index (χ1) is 14.7. The van der Waals surface area contributed by atoms with Crippen molar-refractivity contribution >= 4 is 44.3 Å². The minimum absolute atomic E-state index is 0.289. The molecule has 0 saturated heterocycles. The van der Waals surface area contributed by atoms with Crippen molar-refractivity contribution in [2.24, 2.45) is 0 Å². The third kappa shape index (κ3) is 4.90. The fourth-order valence-corrected chi connectivity index (χ4v) is 6.26. The summed E-state index contributed by atoms with van der Waals surface area (Å²) in [6.45, 7) is 1.98. The highest BCUT2D eigenvalue weighted by atomic mass is 35.5. The second-order valence-corrected chi connectivity index (χ2v) is 11.5. The van der Waals surface area contributed by atoms with Crippen molar-refractivity contribution in [3.05, 3.63) is 64.7 Å². The van der Waals surface area contributed by atoms with Gasteiger partial charge in [-0.1, -0.05) is 23.7 Å². The summed E-state index contributed by atoms with van der Waals surface area (Å²) in [6, 6.07) is 15.0. The molecule has 1 N–H and O–H groups in total. The number of nitrogens with zero attached hydrogens (tertiary/aromatic N) is 2. The highest BCUT2D eigenvalue weighted by Gasteiger charge is 2.22. The molecule has 4 rings (SSSR count). The highest BCUT2D eigenvalue weighted by Crippen LogP contribution is 2.35. The van der Waals surface area contributed by atoms with Crippen molar-refractivity contribution < 1.29 is 8.42 Å². The number of benzene rings is 2. The second-order valence-electron chi connectivity index (χ2n) is 8.07. The Balaban J connectivity index is 1.66. The molecular weight excluding hydrogens is 450 g/mol. The molecule has 0 bridgehead atoms. The van der Waals surface area contributed by atoms with Crippen LogP contribution in [0.15, 0.2) is 52.7 Å². The monoisotopic (exact) mass is 475 g/mol. The Morgan fingerprint density at radius 2 is 1.65 bits per heavy atom. The Kier molecular flexibility index (Phi) is 6.30. The average Bonchev–Trinajstić information content (AvgIpc) is 3.15. The van der Waals surface area contributed by atoms with E-state index in [0.717, 1.165) is 42.1 Å². The van der Waals surface area contributed by atoms with Gasteiger partial charge < -0.3 is 9.80 Å². The lowest BCUT2D eigenvalue weighted by Crippen LogP contribution is -2.20. The minimum atomic E-state index is -3.71. The molecular formula is C23H26ClN3O2S2. The van der Waals surface area contributed by atoms with Gasteiger partial charge in [0.15, 0.2) is 0 Å². The summed E-state index contributed by atoms with van der Waals surface area (Å²) in [4.78, 5) is 5.15. The number of fused-ring (bicyclic) bond motifs is 1. The first-order valence-electron chi connectivity index (χ1n) is 10.1. The highest BCUT2D eigenvalue weighted by molar-refractivity contribution is 7.94. The summed E-state index contributed by atoms with van der Waals surface area (Å²) in [7, 11) is 2.29. The van der Waals surface area contributed by atoms with Crippen LogP contribution in [0.4, 0.5) is 11.4 Å². The van der Waals surface area contributed by atoms with Gasteiger partial charge in [-0.2, -0.15) is 0 Å². The van der Waals surface area contributed by atoms with E-state index in [9.17, 15) is 8.42 Å². The number of likely N-dealkylation sites (N-methyl/N-ethyl adjacent to an activating group) is 1. The summed E-state index contributed by atoms with van der Waals surface area (Å²) in [5.74, 6) is 0. The molecule has 31 heavy (non-hydrogen) atoms. The number of rotatable bonds is 5. The molecule has 0 saturated carbocycles. The number of nitrogens with one attached hydrogen (secondary N) is 1. The van der Waals surface area contributed by atoms with Gasteiger partial charge in [-0.3, -0.25) is 4.72 Å². The molecule has 8 heteroatoms. The summed E-state index contributed by atoms with van der Waals surface area (Å²) in [5.41, 5.74) is 4.94. The van der Waals surface area contributed by atoms with E-state index in [1.807, 2.05) is 43.3 Å². The third-order valence-electron chi connectivity index (χ3n) is 5.54. The van der Waals surface area contributed by atoms with Crippen molar-refractivity contribution in [1.82, 2.24) is 4.90 Å². The lowest BCUT2D eigenvalue weighted by Gasteiger charge is -2.21. The van der Waals surface area contributed by atoms with Crippen molar-refractivity contribution in [2.45, 2.75) is 17.1 Å². The summed E-state index contributed by atoms with van der Waals surface area (Å²) in [5, 5.41) is 0.653. The van der Waals surface area contributed by atoms with Gasteiger partial charge in [-0.25, -0.2) is 8.42 Å². The summed E-state index contributed by atoms with van der Waals surface area (Å²) >= 11 is 7.22. The van der Waals surface area contributed by atoms with Gasteiger partial charge in [0.1, 0.15) is 4.21 Å². The largest absolute Gasteiger partial charge is 0.376 e. The van der Waals surface area contributed by atoms with E-state index >= 15 is 0 Å². The molecule has 1 aliphatic rings. The van der Waals surface area contributed by atoms with Gasteiger partial charge >= 0.3 is 0 Å². The van der Waals surface area contributed by atoms with Gasteiger partial charge in [0, 0.05) is 37.1 Å². The molecule has 0 fully saturated rings. The van der Waals surface area contributed by atoms with Gasteiger partial charge in [0.05, 0.1) is 11.4 Å². The summed E-state index contributed by atoms with van der Waals surface area (Å²) in [6.07, 6.45) is 1.88. The van der Waals surface area contributed by atoms with Crippen LogP contribution in [0.5, 0.6) is 0 Å². The van der Waals surface area contributed by atoms with Crippen LogP contribution in [0.1, 0.15) is 11.1 Å². The Morgan fingerprint density at radius 1 is 1.00 bits per heavy atom.